The molecule has 0 radical (unpaired) electrons. The predicted octanol–water partition coefficient (Wildman–Crippen LogP) is 4.58. The van der Waals surface area contributed by atoms with Gasteiger partial charge in [-0.05, 0) is 92.6 Å². The molecule has 3 atom stereocenters. The highest BCUT2D eigenvalue weighted by Gasteiger charge is 2.68. The van der Waals surface area contributed by atoms with E-state index in [2.05, 4.69) is 26.3 Å². The molecular formula is C35H45N5O5S2. The van der Waals surface area contributed by atoms with Crippen molar-refractivity contribution in [3.63, 3.8) is 0 Å². The van der Waals surface area contributed by atoms with E-state index in [4.69, 9.17) is 4.74 Å². The van der Waals surface area contributed by atoms with E-state index in [1.54, 1.807) is 21.2 Å². The minimum Gasteiger partial charge on any atom is -0.497 e. The Balaban J connectivity index is 1.34. The van der Waals surface area contributed by atoms with Crippen molar-refractivity contribution in [1.29, 1.82) is 0 Å². The van der Waals surface area contributed by atoms with E-state index >= 15 is 8.42 Å². The van der Waals surface area contributed by atoms with E-state index in [0.29, 0.717) is 31.0 Å². The molecule has 2 saturated carbocycles. The fourth-order valence-corrected chi connectivity index (χ4v) is 12.1. The van der Waals surface area contributed by atoms with Gasteiger partial charge in [-0.1, -0.05) is 25.3 Å². The number of carbonyl (C=O) groups is 1. The summed E-state index contributed by atoms with van der Waals surface area (Å²) in [4.78, 5) is 15.8. The number of sulfonamides is 1. The first-order valence-corrected chi connectivity index (χ1v) is 19.7. The molecule has 1 N–H and O–H groups in total. The average Bonchev–Trinajstić information content (AvgIpc) is 3.84. The molecule has 2 bridgehead atoms. The van der Waals surface area contributed by atoms with Crippen molar-refractivity contribution in [2.24, 2.45) is 0 Å². The number of rotatable bonds is 7. The summed E-state index contributed by atoms with van der Waals surface area (Å²) >= 11 is -1.67. The normalized spacial score (nSPS) is 28.2. The first-order valence-electron chi connectivity index (χ1n) is 17.1. The maximum atomic E-state index is 15.1. The smallest absolute Gasteiger partial charge is 0.264 e. The van der Waals surface area contributed by atoms with E-state index in [1.165, 1.54) is 16.3 Å². The van der Waals surface area contributed by atoms with Gasteiger partial charge in [-0.15, -0.1) is 0 Å². The number of nitrogens with zero attached hydrogens (tertiary/aromatic N) is 4. The standard InChI is InChI=1S/C35H45N5O5S2/c1-37(2)46(42)36-34(41)24-9-11-28-31(19-24)39-22-35(47(43,44)40-18-17-38-15-13-25(40)14-16-38)21-30(35)29-20-26(45-3)10-12-27(29)33(39)32(28)23-7-5-4-6-8-23/h9-12,19-20,23,25,30H,4-8,13-18,21-22H2,1-3H3,(H,36,41). The number of methoxy groups -OCH3 is 1. The van der Waals surface area contributed by atoms with Crippen molar-refractivity contribution in [1.82, 2.24) is 22.8 Å². The van der Waals surface area contributed by atoms with Crippen LogP contribution in [0.1, 0.15) is 84.7 Å². The number of benzene rings is 2. The van der Waals surface area contributed by atoms with Gasteiger partial charge in [0.25, 0.3) is 5.91 Å². The van der Waals surface area contributed by atoms with Crippen molar-refractivity contribution in [2.75, 3.05) is 47.4 Å². The molecular weight excluding hydrogens is 635 g/mol. The van der Waals surface area contributed by atoms with Crippen molar-refractivity contribution >= 4 is 38.0 Å². The molecule has 3 aromatic rings. The van der Waals surface area contributed by atoms with E-state index in [0.717, 1.165) is 91.6 Å². The van der Waals surface area contributed by atoms with Crippen molar-refractivity contribution in [2.45, 2.75) is 80.5 Å². The van der Waals surface area contributed by atoms with Crippen molar-refractivity contribution in [3.05, 3.63) is 53.1 Å². The second-order valence-corrected chi connectivity index (χ2v) is 18.0. The molecule has 47 heavy (non-hydrogen) atoms. The number of ether oxygens (including phenoxy) is 1. The first-order chi connectivity index (χ1) is 22.6. The fraction of sp³-hybridized carbons (Fsp3) is 0.571. The third kappa shape index (κ3) is 5.00. The maximum Gasteiger partial charge on any atom is 0.264 e. The number of carbonyl (C=O) groups excluding carboxylic acids is 1. The van der Waals surface area contributed by atoms with Gasteiger partial charge in [0.1, 0.15) is 10.5 Å². The summed E-state index contributed by atoms with van der Waals surface area (Å²) in [6.07, 6.45) is 8.03. The Morgan fingerprint density at radius 2 is 1.77 bits per heavy atom. The Hall–Kier alpha value is -2.77. The van der Waals surface area contributed by atoms with Crippen LogP contribution in [0.5, 0.6) is 5.75 Å². The molecule has 2 aromatic carbocycles. The summed E-state index contributed by atoms with van der Waals surface area (Å²) in [7, 11) is 1.25. The Bertz CT molecular complexity index is 1880. The average molecular weight is 680 g/mol. The van der Waals surface area contributed by atoms with Crippen LogP contribution in [0.4, 0.5) is 0 Å². The zero-order valence-electron chi connectivity index (χ0n) is 27.5. The number of fused-ring (bicyclic) bond motifs is 11. The van der Waals surface area contributed by atoms with Gasteiger partial charge in [-0.3, -0.25) is 9.52 Å². The second-order valence-electron chi connectivity index (χ2n) is 14.4. The molecule has 1 aromatic heterocycles. The Kier molecular flexibility index (Phi) is 7.83. The predicted molar refractivity (Wildman–Crippen MR) is 184 cm³/mol. The van der Waals surface area contributed by atoms with Gasteiger partial charge in [-0.2, -0.15) is 4.31 Å². The molecule has 252 valence electrons. The van der Waals surface area contributed by atoms with E-state index < -0.39 is 31.8 Å². The lowest BCUT2D eigenvalue weighted by Gasteiger charge is -2.34. The maximum absolute atomic E-state index is 15.1. The van der Waals surface area contributed by atoms with Gasteiger partial charge >= 0.3 is 0 Å². The first kappa shape index (κ1) is 31.5. The molecule has 6 aliphatic rings. The Morgan fingerprint density at radius 1 is 1.00 bits per heavy atom. The van der Waals surface area contributed by atoms with Gasteiger partial charge in [0, 0.05) is 67.7 Å². The van der Waals surface area contributed by atoms with Crippen LogP contribution >= 0.6 is 0 Å². The van der Waals surface area contributed by atoms with Crippen molar-refractivity contribution < 1.29 is 22.2 Å². The van der Waals surface area contributed by atoms with Gasteiger partial charge in [0.2, 0.25) is 10.0 Å². The Morgan fingerprint density at radius 3 is 2.49 bits per heavy atom. The van der Waals surface area contributed by atoms with E-state index in [1.807, 2.05) is 28.6 Å². The van der Waals surface area contributed by atoms with Crippen LogP contribution in [-0.4, -0.2) is 94.8 Å². The summed E-state index contributed by atoms with van der Waals surface area (Å²) in [5.74, 6) is 0.506. The summed E-state index contributed by atoms with van der Waals surface area (Å²) in [5.41, 5.74) is 5.76. The van der Waals surface area contributed by atoms with Crippen molar-refractivity contribution in [3.8, 4) is 17.0 Å². The number of aromatic nitrogens is 1. The fourth-order valence-electron chi connectivity index (χ4n) is 9.07. The lowest BCUT2D eigenvalue weighted by Crippen LogP contribution is -2.48. The number of amides is 1. The number of nitrogens with one attached hydrogen (secondary N) is 1. The molecule has 3 unspecified atom stereocenters. The monoisotopic (exact) mass is 679 g/mol. The molecule has 5 heterocycles. The molecule has 12 heteroatoms. The van der Waals surface area contributed by atoms with Crippen LogP contribution in [0.3, 0.4) is 0 Å². The molecule has 4 aliphatic heterocycles. The SMILES string of the molecule is COc1ccc2c(c1)C1CC1(S(=O)(=O)N1CCN3CCC1CC3)Cn1c-2c(C2CCCCC2)c2ccc(C(=O)NS(=O)N(C)C)cc21. The second kappa shape index (κ2) is 11.7. The van der Waals surface area contributed by atoms with Crippen LogP contribution < -0.4 is 9.46 Å². The topological polar surface area (TPSA) is 104 Å². The molecule has 1 amide bonds. The van der Waals surface area contributed by atoms with Crippen LogP contribution in [0.25, 0.3) is 22.2 Å². The highest BCUT2D eigenvalue weighted by Crippen LogP contribution is 2.64. The minimum absolute atomic E-state index is 0.0361. The van der Waals surface area contributed by atoms with Gasteiger partial charge in [-0.25, -0.2) is 16.9 Å². The largest absolute Gasteiger partial charge is 0.497 e. The molecule has 9 rings (SSSR count). The van der Waals surface area contributed by atoms with E-state index in [9.17, 15) is 9.00 Å². The number of piperidine rings is 1. The lowest BCUT2D eigenvalue weighted by molar-refractivity contribution is 0.0981. The Labute approximate surface area is 280 Å². The van der Waals surface area contributed by atoms with E-state index in [-0.39, 0.29) is 12.0 Å². The molecule has 2 aliphatic carbocycles. The summed E-state index contributed by atoms with van der Waals surface area (Å²) in [5, 5.41) is 1.08. The highest BCUT2D eigenvalue weighted by atomic mass is 32.2. The van der Waals surface area contributed by atoms with Crippen LogP contribution in [-0.2, 0) is 27.7 Å². The van der Waals surface area contributed by atoms with Gasteiger partial charge in [0.15, 0.2) is 11.2 Å². The lowest BCUT2D eigenvalue weighted by atomic mass is 9.81. The summed E-state index contributed by atoms with van der Waals surface area (Å²) < 4.78 is 55.7. The van der Waals surface area contributed by atoms with Gasteiger partial charge < -0.3 is 14.2 Å². The molecule has 5 fully saturated rings. The molecule has 0 spiro atoms. The zero-order valence-corrected chi connectivity index (χ0v) is 29.2. The number of hydrogen-bond acceptors (Lipinski definition) is 6. The highest BCUT2D eigenvalue weighted by molar-refractivity contribution is 7.91. The zero-order chi connectivity index (χ0) is 32.7. The number of hydrogen-bond donors (Lipinski definition) is 1. The van der Waals surface area contributed by atoms with Gasteiger partial charge in [0.05, 0.1) is 12.8 Å². The third-order valence-corrected chi connectivity index (χ3v) is 15.4. The van der Waals surface area contributed by atoms with Crippen LogP contribution in [0.15, 0.2) is 36.4 Å². The minimum atomic E-state index is -3.71. The molecule has 10 nitrogen and oxygen atoms in total. The summed E-state index contributed by atoms with van der Waals surface area (Å²) in [6, 6.07) is 12.0. The molecule has 3 saturated heterocycles. The van der Waals surface area contributed by atoms with Crippen LogP contribution in [0.2, 0.25) is 0 Å². The van der Waals surface area contributed by atoms with Crippen LogP contribution in [0, 0.1) is 0 Å². The quantitative estimate of drug-likeness (QED) is 0.392. The summed E-state index contributed by atoms with van der Waals surface area (Å²) in [6.45, 7) is 3.54. The third-order valence-electron chi connectivity index (χ3n) is 11.7.